The zero-order chi connectivity index (χ0) is 23.1. The molecular formula is C23H24IN3O5. The van der Waals surface area contributed by atoms with E-state index in [9.17, 15) is 19.2 Å². The minimum absolute atomic E-state index is 0.250. The fourth-order valence-electron chi connectivity index (χ4n) is 3.47. The molecule has 3 atom stereocenters. The van der Waals surface area contributed by atoms with E-state index in [2.05, 4.69) is 38.5 Å². The lowest BCUT2D eigenvalue weighted by atomic mass is 10.0. The summed E-state index contributed by atoms with van der Waals surface area (Å²) in [4.78, 5) is 49.7. The summed E-state index contributed by atoms with van der Waals surface area (Å²) in [6, 6.07) is 14.2. The third-order valence-electron chi connectivity index (χ3n) is 5.14. The Morgan fingerprint density at radius 3 is 2.31 bits per heavy atom. The van der Waals surface area contributed by atoms with Crippen LogP contribution in [0.5, 0.6) is 0 Å². The van der Waals surface area contributed by atoms with Crippen LogP contribution in [0.25, 0.3) is 0 Å². The van der Waals surface area contributed by atoms with E-state index in [0.717, 1.165) is 14.7 Å². The molecule has 3 rings (SSSR count). The van der Waals surface area contributed by atoms with E-state index in [1.165, 1.54) is 7.11 Å². The number of hydrogen-bond donors (Lipinski definition) is 3. The van der Waals surface area contributed by atoms with Gasteiger partial charge in [0.25, 0.3) is 0 Å². The Morgan fingerprint density at radius 2 is 1.62 bits per heavy atom. The lowest BCUT2D eigenvalue weighted by molar-refractivity contribution is -0.145. The highest BCUT2D eigenvalue weighted by molar-refractivity contribution is 14.1. The predicted molar refractivity (Wildman–Crippen MR) is 125 cm³/mol. The fourth-order valence-corrected chi connectivity index (χ4v) is 4.08. The summed E-state index contributed by atoms with van der Waals surface area (Å²) in [5.41, 5.74) is 1.80. The largest absolute Gasteiger partial charge is 0.467 e. The number of methoxy groups -OCH3 is 1. The summed E-state index contributed by atoms with van der Waals surface area (Å²) in [5, 5.41) is 7.92. The second kappa shape index (κ2) is 11.1. The molecule has 9 heteroatoms. The predicted octanol–water partition coefficient (Wildman–Crippen LogP) is 1.11. The number of piperazine rings is 1. The number of esters is 1. The number of ether oxygens (including phenoxy) is 1. The maximum Gasteiger partial charge on any atom is 0.328 e. The highest BCUT2D eigenvalue weighted by Gasteiger charge is 2.35. The van der Waals surface area contributed by atoms with Gasteiger partial charge in [-0.05, 0) is 39.8 Å². The van der Waals surface area contributed by atoms with E-state index in [1.807, 2.05) is 54.6 Å². The maximum absolute atomic E-state index is 12.6. The molecule has 1 fully saturated rings. The minimum atomic E-state index is -1.01. The van der Waals surface area contributed by atoms with Crippen LogP contribution in [0.2, 0.25) is 0 Å². The molecule has 168 valence electrons. The summed E-state index contributed by atoms with van der Waals surface area (Å²) >= 11 is 2.16. The number of carbonyl (C=O) groups is 4. The van der Waals surface area contributed by atoms with Crippen molar-refractivity contribution in [3.8, 4) is 0 Å². The van der Waals surface area contributed by atoms with Gasteiger partial charge in [-0.15, -0.1) is 0 Å². The summed E-state index contributed by atoms with van der Waals surface area (Å²) in [6.45, 7) is 0. The molecular weight excluding hydrogens is 525 g/mol. The van der Waals surface area contributed by atoms with E-state index in [4.69, 9.17) is 4.74 Å². The molecule has 1 aliphatic heterocycles. The number of hydrogen-bond acceptors (Lipinski definition) is 5. The zero-order valence-electron chi connectivity index (χ0n) is 17.5. The molecule has 0 aromatic heterocycles. The lowest BCUT2D eigenvalue weighted by Crippen LogP contribution is -2.63. The Hall–Kier alpha value is -2.95. The SMILES string of the molecule is COC(=O)[C@H](Cc1ccccc1I)NC(=O)C[C@@H]1NC(=O)[C@H](Cc2ccccc2)NC1=O. The standard InChI is InChI=1S/C23H24IN3O5/c1-32-23(31)19(12-15-9-5-6-10-16(15)24)25-20(28)13-18-22(30)26-17(21(29)27-18)11-14-7-3-2-4-8-14/h2-10,17-19H,11-13H2,1H3,(H,25,28)(H,26,30)(H,27,29)/t17-,18-,19-/m0/s1. The number of benzene rings is 2. The van der Waals surface area contributed by atoms with Crippen LogP contribution in [0.3, 0.4) is 0 Å². The van der Waals surface area contributed by atoms with Gasteiger partial charge in [0, 0.05) is 16.4 Å². The molecule has 0 aliphatic carbocycles. The fraction of sp³-hybridized carbons (Fsp3) is 0.304. The van der Waals surface area contributed by atoms with Crippen molar-refractivity contribution in [2.45, 2.75) is 37.4 Å². The van der Waals surface area contributed by atoms with Crippen LogP contribution in [-0.4, -0.2) is 48.9 Å². The molecule has 2 aromatic rings. The molecule has 0 radical (unpaired) electrons. The Kier molecular flexibility index (Phi) is 8.20. The molecule has 0 unspecified atom stereocenters. The first-order valence-electron chi connectivity index (χ1n) is 10.1. The molecule has 1 heterocycles. The second-order valence-electron chi connectivity index (χ2n) is 7.45. The van der Waals surface area contributed by atoms with E-state index in [-0.39, 0.29) is 18.7 Å². The molecule has 0 spiro atoms. The van der Waals surface area contributed by atoms with Gasteiger partial charge < -0.3 is 20.7 Å². The number of halogens is 1. The van der Waals surface area contributed by atoms with Gasteiger partial charge in [0.05, 0.1) is 13.5 Å². The van der Waals surface area contributed by atoms with Crippen LogP contribution in [0.15, 0.2) is 54.6 Å². The highest BCUT2D eigenvalue weighted by atomic mass is 127. The molecule has 3 N–H and O–H groups in total. The summed E-state index contributed by atoms with van der Waals surface area (Å²) < 4.78 is 5.77. The van der Waals surface area contributed by atoms with Crippen LogP contribution >= 0.6 is 22.6 Å². The third kappa shape index (κ3) is 6.28. The van der Waals surface area contributed by atoms with Crippen LogP contribution in [0.4, 0.5) is 0 Å². The molecule has 0 saturated carbocycles. The first kappa shape index (κ1) is 23.7. The monoisotopic (exact) mass is 549 g/mol. The average Bonchev–Trinajstić information content (AvgIpc) is 2.78. The maximum atomic E-state index is 12.6. The second-order valence-corrected chi connectivity index (χ2v) is 8.62. The average molecular weight is 549 g/mol. The van der Waals surface area contributed by atoms with E-state index in [0.29, 0.717) is 6.42 Å². The lowest BCUT2D eigenvalue weighted by Gasteiger charge is -2.29. The molecule has 1 saturated heterocycles. The quantitative estimate of drug-likeness (QED) is 0.338. The van der Waals surface area contributed by atoms with Crippen molar-refractivity contribution < 1.29 is 23.9 Å². The summed E-state index contributed by atoms with van der Waals surface area (Å²) in [6.07, 6.45) is 0.326. The van der Waals surface area contributed by atoms with E-state index < -0.39 is 35.9 Å². The summed E-state index contributed by atoms with van der Waals surface area (Å²) in [7, 11) is 1.25. The first-order chi connectivity index (χ1) is 15.4. The highest BCUT2D eigenvalue weighted by Crippen LogP contribution is 2.14. The molecule has 3 amide bonds. The third-order valence-corrected chi connectivity index (χ3v) is 6.19. The Bertz CT molecular complexity index is 998. The Morgan fingerprint density at radius 1 is 1.00 bits per heavy atom. The molecule has 0 bridgehead atoms. The van der Waals surface area contributed by atoms with Gasteiger partial charge in [0.2, 0.25) is 17.7 Å². The minimum Gasteiger partial charge on any atom is -0.467 e. The van der Waals surface area contributed by atoms with Gasteiger partial charge >= 0.3 is 5.97 Å². The molecule has 1 aliphatic rings. The van der Waals surface area contributed by atoms with Crippen LogP contribution in [0.1, 0.15) is 17.5 Å². The number of nitrogens with one attached hydrogen (secondary N) is 3. The van der Waals surface area contributed by atoms with E-state index >= 15 is 0 Å². The van der Waals surface area contributed by atoms with Crippen molar-refractivity contribution >= 4 is 46.3 Å². The van der Waals surface area contributed by atoms with Gasteiger partial charge in [-0.3, -0.25) is 14.4 Å². The van der Waals surface area contributed by atoms with Crippen molar-refractivity contribution in [1.29, 1.82) is 0 Å². The van der Waals surface area contributed by atoms with Crippen molar-refractivity contribution in [3.05, 3.63) is 69.3 Å². The first-order valence-corrected chi connectivity index (χ1v) is 11.2. The van der Waals surface area contributed by atoms with Gasteiger partial charge in [0.15, 0.2) is 0 Å². The van der Waals surface area contributed by atoms with Crippen LogP contribution in [-0.2, 0) is 36.8 Å². The van der Waals surface area contributed by atoms with Crippen LogP contribution < -0.4 is 16.0 Å². The molecule has 8 nitrogen and oxygen atoms in total. The van der Waals surface area contributed by atoms with Crippen molar-refractivity contribution in [2.24, 2.45) is 0 Å². The normalized spacial score (nSPS) is 18.8. The Labute approximate surface area is 199 Å². The molecule has 2 aromatic carbocycles. The summed E-state index contributed by atoms with van der Waals surface area (Å²) in [5.74, 6) is -1.91. The van der Waals surface area contributed by atoms with Gasteiger partial charge in [-0.2, -0.15) is 0 Å². The smallest absolute Gasteiger partial charge is 0.328 e. The van der Waals surface area contributed by atoms with Crippen molar-refractivity contribution in [3.63, 3.8) is 0 Å². The van der Waals surface area contributed by atoms with Gasteiger partial charge in [0.1, 0.15) is 18.1 Å². The van der Waals surface area contributed by atoms with Crippen LogP contribution in [0, 0.1) is 3.57 Å². The number of carbonyl (C=O) groups excluding carboxylic acids is 4. The number of rotatable bonds is 8. The van der Waals surface area contributed by atoms with Gasteiger partial charge in [-0.1, -0.05) is 48.5 Å². The van der Waals surface area contributed by atoms with E-state index in [1.54, 1.807) is 0 Å². The zero-order valence-corrected chi connectivity index (χ0v) is 19.6. The van der Waals surface area contributed by atoms with Crippen molar-refractivity contribution in [1.82, 2.24) is 16.0 Å². The van der Waals surface area contributed by atoms with Crippen molar-refractivity contribution in [2.75, 3.05) is 7.11 Å². The topological polar surface area (TPSA) is 114 Å². The molecule has 32 heavy (non-hydrogen) atoms. The Balaban J connectivity index is 1.59. The number of amides is 3. The van der Waals surface area contributed by atoms with Gasteiger partial charge in [-0.25, -0.2) is 4.79 Å².